The summed E-state index contributed by atoms with van der Waals surface area (Å²) in [6.45, 7) is 5.22. The fourth-order valence-corrected chi connectivity index (χ4v) is 5.30. The monoisotopic (exact) mass is 492 g/mol. The highest BCUT2D eigenvalue weighted by molar-refractivity contribution is 6.30. The van der Waals surface area contributed by atoms with Gasteiger partial charge in [-0.05, 0) is 74.2 Å². The lowest BCUT2D eigenvalue weighted by Gasteiger charge is -2.37. The van der Waals surface area contributed by atoms with E-state index in [1.54, 1.807) is 12.1 Å². The first kappa shape index (κ1) is 23.7. The third kappa shape index (κ3) is 5.16. The van der Waals surface area contributed by atoms with Crippen LogP contribution >= 0.6 is 11.6 Å². The Labute approximate surface area is 212 Å². The second-order valence-electron chi connectivity index (χ2n) is 9.46. The number of nitrogens with two attached hydrogens (primary N) is 1. The first-order valence-corrected chi connectivity index (χ1v) is 12.8. The van der Waals surface area contributed by atoms with Gasteiger partial charge in [0.15, 0.2) is 5.82 Å². The molecule has 1 aliphatic heterocycles. The summed E-state index contributed by atoms with van der Waals surface area (Å²) in [4.78, 5) is 20.4. The maximum atomic E-state index is 13.7. The zero-order valence-corrected chi connectivity index (χ0v) is 21.0. The number of nitrogens with zero attached hydrogens (tertiary/aromatic N) is 5. The maximum Gasteiger partial charge on any atom is 0.259 e. The number of amides is 1. The average Bonchev–Trinajstić information content (AvgIpc) is 3.22. The summed E-state index contributed by atoms with van der Waals surface area (Å²) < 4.78 is 1.97. The summed E-state index contributed by atoms with van der Waals surface area (Å²) in [7, 11) is 2.00. The molecule has 7 nitrogen and oxygen atoms in total. The molecule has 2 aromatic carbocycles. The molecule has 1 amide bonds. The van der Waals surface area contributed by atoms with Crippen molar-refractivity contribution in [2.45, 2.75) is 25.7 Å². The van der Waals surface area contributed by atoms with Crippen molar-refractivity contribution in [3.63, 3.8) is 0 Å². The van der Waals surface area contributed by atoms with Crippen molar-refractivity contribution in [3.05, 3.63) is 70.4 Å². The SMILES string of the molecule is Cn1nc(N(CCN2CCN(c3ccc(Cl)cc3)CC2)C(=O)c2ccc(N)cc2)c2c1CCCC2. The van der Waals surface area contributed by atoms with Gasteiger partial charge in [0, 0.05) is 79.5 Å². The Morgan fingerprint density at radius 1 is 1.00 bits per heavy atom. The highest BCUT2D eigenvalue weighted by Crippen LogP contribution is 2.31. The molecule has 0 radical (unpaired) electrons. The molecule has 2 aliphatic rings. The van der Waals surface area contributed by atoms with Crippen molar-refractivity contribution in [2.24, 2.45) is 7.05 Å². The highest BCUT2D eigenvalue weighted by Gasteiger charge is 2.28. The minimum Gasteiger partial charge on any atom is -0.399 e. The van der Waals surface area contributed by atoms with E-state index in [1.807, 2.05) is 40.9 Å². The molecule has 0 atom stereocenters. The van der Waals surface area contributed by atoms with Gasteiger partial charge in [0.2, 0.25) is 0 Å². The van der Waals surface area contributed by atoms with Crippen LogP contribution in [0.25, 0.3) is 0 Å². The molecule has 0 unspecified atom stereocenters. The number of nitrogen functional groups attached to an aromatic ring is 1. The summed E-state index contributed by atoms with van der Waals surface area (Å²) in [6, 6.07) is 15.2. The van der Waals surface area contributed by atoms with Crippen molar-refractivity contribution in [1.29, 1.82) is 0 Å². The first-order chi connectivity index (χ1) is 17.0. The largest absolute Gasteiger partial charge is 0.399 e. The van der Waals surface area contributed by atoms with Crippen LogP contribution < -0.4 is 15.5 Å². The fraction of sp³-hybridized carbons (Fsp3) is 0.407. The molecule has 2 heterocycles. The Morgan fingerprint density at radius 3 is 2.40 bits per heavy atom. The van der Waals surface area contributed by atoms with Gasteiger partial charge < -0.3 is 10.6 Å². The van der Waals surface area contributed by atoms with E-state index in [0.29, 0.717) is 17.8 Å². The molecule has 1 aromatic heterocycles. The molecular weight excluding hydrogens is 460 g/mol. The average molecular weight is 493 g/mol. The number of hydrogen-bond donors (Lipinski definition) is 1. The number of carbonyl (C=O) groups is 1. The number of anilines is 3. The lowest BCUT2D eigenvalue weighted by atomic mass is 9.97. The number of aryl methyl sites for hydroxylation is 1. The molecule has 0 bridgehead atoms. The number of benzene rings is 2. The molecule has 8 heteroatoms. The van der Waals surface area contributed by atoms with Crippen LogP contribution in [0.5, 0.6) is 0 Å². The highest BCUT2D eigenvalue weighted by atomic mass is 35.5. The molecule has 1 saturated heterocycles. The quantitative estimate of drug-likeness (QED) is 0.526. The zero-order chi connectivity index (χ0) is 24.4. The Bertz CT molecular complexity index is 1170. The molecule has 1 aliphatic carbocycles. The van der Waals surface area contributed by atoms with Gasteiger partial charge >= 0.3 is 0 Å². The Kier molecular flexibility index (Phi) is 6.97. The van der Waals surface area contributed by atoms with E-state index in [9.17, 15) is 4.79 Å². The molecule has 184 valence electrons. The first-order valence-electron chi connectivity index (χ1n) is 12.4. The van der Waals surface area contributed by atoms with Gasteiger partial charge in [-0.25, -0.2) is 0 Å². The molecule has 3 aromatic rings. The van der Waals surface area contributed by atoms with E-state index in [-0.39, 0.29) is 5.91 Å². The molecule has 0 saturated carbocycles. The van der Waals surface area contributed by atoms with Crippen molar-refractivity contribution in [3.8, 4) is 0 Å². The van der Waals surface area contributed by atoms with Crippen LogP contribution in [-0.4, -0.2) is 59.9 Å². The van der Waals surface area contributed by atoms with Crippen LogP contribution in [0.4, 0.5) is 17.2 Å². The Hall–Kier alpha value is -3.03. The molecular formula is C27H33ClN6O. The van der Waals surface area contributed by atoms with Gasteiger partial charge in [-0.2, -0.15) is 5.10 Å². The summed E-state index contributed by atoms with van der Waals surface area (Å²) in [6.07, 6.45) is 4.32. The van der Waals surface area contributed by atoms with Gasteiger partial charge in [0.1, 0.15) is 0 Å². The van der Waals surface area contributed by atoms with Crippen molar-refractivity contribution in [1.82, 2.24) is 14.7 Å². The zero-order valence-electron chi connectivity index (χ0n) is 20.3. The number of rotatable bonds is 6. The molecule has 35 heavy (non-hydrogen) atoms. The molecule has 1 fully saturated rings. The van der Waals surface area contributed by atoms with E-state index in [4.69, 9.17) is 22.4 Å². The van der Waals surface area contributed by atoms with Gasteiger partial charge in [0.05, 0.1) is 0 Å². The smallest absolute Gasteiger partial charge is 0.259 e. The minimum absolute atomic E-state index is 0.0173. The number of carbonyl (C=O) groups excluding carboxylic acids is 1. The minimum atomic E-state index is -0.0173. The van der Waals surface area contributed by atoms with Gasteiger partial charge in [-0.15, -0.1) is 0 Å². The lowest BCUT2D eigenvalue weighted by Crippen LogP contribution is -2.49. The van der Waals surface area contributed by atoms with Crippen molar-refractivity contribution >= 4 is 34.7 Å². The van der Waals surface area contributed by atoms with Crippen molar-refractivity contribution < 1.29 is 4.79 Å². The predicted molar refractivity (Wildman–Crippen MR) is 142 cm³/mol. The van der Waals surface area contributed by atoms with Gasteiger partial charge in [0.25, 0.3) is 5.91 Å². The van der Waals surface area contributed by atoms with E-state index in [1.165, 1.54) is 23.4 Å². The maximum absolute atomic E-state index is 13.7. The van der Waals surface area contributed by atoms with E-state index >= 15 is 0 Å². The third-order valence-corrected chi connectivity index (χ3v) is 7.46. The van der Waals surface area contributed by atoms with Crippen LogP contribution in [0.3, 0.4) is 0 Å². The van der Waals surface area contributed by atoms with Crippen LogP contribution in [0.15, 0.2) is 48.5 Å². The number of aromatic nitrogens is 2. The molecule has 2 N–H and O–H groups in total. The summed E-state index contributed by atoms with van der Waals surface area (Å²) in [5.41, 5.74) is 10.9. The van der Waals surface area contributed by atoms with Crippen LogP contribution in [-0.2, 0) is 19.9 Å². The third-order valence-electron chi connectivity index (χ3n) is 7.21. The number of piperazine rings is 1. The summed E-state index contributed by atoms with van der Waals surface area (Å²) in [5.74, 6) is 0.806. The van der Waals surface area contributed by atoms with E-state index in [2.05, 4.69) is 21.9 Å². The fourth-order valence-electron chi connectivity index (χ4n) is 5.18. The van der Waals surface area contributed by atoms with Gasteiger partial charge in [-0.1, -0.05) is 11.6 Å². The number of fused-ring (bicyclic) bond motifs is 1. The summed E-state index contributed by atoms with van der Waals surface area (Å²) >= 11 is 6.05. The van der Waals surface area contributed by atoms with Crippen LogP contribution in [0, 0.1) is 0 Å². The van der Waals surface area contributed by atoms with E-state index in [0.717, 1.165) is 62.8 Å². The molecule has 0 spiro atoms. The van der Waals surface area contributed by atoms with Gasteiger partial charge in [-0.3, -0.25) is 19.3 Å². The normalized spacial score (nSPS) is 16.2. The second kappa shape index (κ2) is 10.3. The number of halogens is 1. The lowest BCUT2D eigenvalue weighted by molar-refractivity contribution is 0.0982. The molecule has 5 rings (SSSR count). The topological polar surface area (TPSA) is 70.6 Å². The standard InChI is InChI=1S/C27H33ClN6O/c1-31-25-5-3-2-4-24(25)26(30-31)34(27(35)20-6-10-22(29)11-7-20)19-16-32-14-17-33(18-15-32)23-12-8-21(28)9-13-23/h6-13H,2-5,14-19,29H2,1H3. The summed E-state index contributed by atoms with van der Waals surface area (Å²) in [5, 5.41) is 5.60. The number of hydrogen-bond acceptors (Lipinski definition) is 5. The van der Waals surface area contributed by atoms with Crippen LogP contribution in [0.2, 0.25) is 5.02 Å². The van der Waals surface area contributed by atoms with Crippen LogP contribution in [0.1, 0.15) is 34.5 Å². The Balaban J connectivity index is 1.31. The Morgan fingerprint density at radius 2 is 1.69 bits per heavy atom. The predicted octanol–water partition coefficient (Wildman–Crippen LogP) is 4.00. The van der Waals surface area contributed by atoms with E-state index < -0.39 is 0 Å². The van der Waals surface area contributed by atoms with Crippen molar-refractivity contribution in [2.75, 3.05) is 54.8 Å². The second-order valence-corrected chi connectivity index (χ2v) is 9.90.